The van der Waals surface area contributed by atoms with Gasteiger partial charge in [-0.3, -0.25) is 9.69 Å². The Balaban J connectivity index is 1.93. The number of carbonyl (C=O) groups is 1. The van der Waals surface area contributed by atoms with Gasteiger partial charge >= 0.3 is 0 Å². The van der Waals surface area contributed by atoms with Crippen LogP contribution in [0.25, 0.3) is 0 Å². The molecule has 0 heterocycles. The number of para-hydroxylation sites is 2. The first-order chi connectivity index (χ1) is 10.6. The summed E-state index contributed by atoms with van der Waals surface area (Å²) in [5.74, 6) is 0.586. The topological polar surface area (TPSA) is 41.6 Å². The van der Waals surface area contributed by atoms with Crippen molar-refractivity contribution in [3.63, 3.8) is 0 Å². The maximum Gasteiger partial charge on any atom is 0.238 e. The smallest absolute Gasteiger partial charge is 0.238 e. The maximum absolute atomic E-state index is 12.1. The number of hydrogen-bond donors (Lipinski definition) is 1. The quantitative estimate of drug-likeness (QED) is 0.854. The second-order valence-electron chi connectivity index (χ2n) is 5.01. The summed E-state index contributed by atoms with van der Waals surface area (Å²) in [6.45, 7) is 1.00. The third-order valence-corrected chi connectivity index (χ3v) is 3.97. The maximum atomic E-state index is 12.1. The lowest BCUT2D eigenvalue weighted by molar-refractivity contribution is -0.117. The van der Waals surface area contributed by atoms with Gasteiger partial charge in [-0.05, 0) is 30.8 Å². The summed E-state index contributed by atoms with van der Waals surface area (Å²) in [5, 5.41) is 2.88. The molecule has 0 aliphatic carbocycles. The Hall–Kier alpha value is -1.85. The van der Waals surface area contributed by atoms with Crippen LogP contribution in [0, 0.1) is 0 Å². The molecule has 2 aromatic rings. The molecule has 0 aliphatic heterocycles. The molecule has 0 aromatic heterocycles. The minimum absolute atomic E-state index is 0.0703. The van der Waals surface area contributed by atoms with Crippen LogP contribution in [0.5, 0.6) is 5.75 Å². The van der Waals surface area contributed by atoms with Crippen LogP contribution in [0.1, 0.15) is 5.56 Å². The summed E-state index contributed by atoms with van der Waals surface area (Å²) in [6, 6.07) is 15.4. The van der Waals surface area contributed by atoms with E-state index in [0.29, 0.717) is 24.5 Å². The Morgan fingerprint density at radius 1 is 1.18 bits per heavy atom. The molecule has 1 amide bonds. The van der Waals surface area contributed by atoms with Gasteiger partial charge in [0.05, 0.1) is 19.3 Å². The zero-order valence-electron chi connectivity index (χ0n) is 12.7. The fourth-order valence-corrected chi connectivity index (χ4v) is 2.57. The van der Waals surface area contributed by atoms with E-state index in [4.69, 9.17) is 4.74 Å². The second kappa shape index (κ2) is 7.96. The zero-order valence-corrected chi connectivity index (χ0v) is 14.3. The number of nitrogens with one attached hydrogen (secondary N) is 1. The first-order valence-electron chi connectivity index (χ1n) is 6.95. The molecule has 0 saturated heterocycles. The van der Waals surface area contributed by atoms with Gasteiger partial charge in [-0.1, -0.05) is 46.3 Å². The van der Waals surface area contributed by atoms with Crippen molar-refractivity contribution in [3.8, 4) is 5.75 Å². The molecular formula is C17H19BrN2O2. The van der Waals surface area contributed by atoms with E-state index < -0.39 is 0 Å². The molecule has 1 N–H and O–H groups in total. The van der Waals surface area contributed by atoms with Gasteiger partial charge in [-0.15, -0.1) is 0 Å². The number of nitrogens with zero attached hydrogens (tertiary/aromatic N) is 1. The van der Waals surface area contributed by atoms with Crippen molar-refractivity contribution < 1.29 is 9.53 Å². The highest BCUT2D eigenvalue weighted by Gasteiger charge is 2.11. The number of ether oxygens (including phenoxy) is 1. The minimum atomic E-state index is -0.0703. The normalized spacial score (nSPS) is 10.5. The second-order valence-corrected chi connectivity index (χ2v) is 5.87. The average Bonchev–Trinajstić information content (AvgIpc) is 2.50. The summed E-state index contributed by atoms with van der Waals surface area (Å²) in [6.07, 6.45) is 0. The van der Waals surface area contributed by atoms with Crippen molar-refractivity contribution in [3.05, 3.63) is 58.6 Å². The zero-order chi connectivity index (χ0) is 15.9. The number of halogens is 1. The monoisotopic (exact) mass is 362 g/mol. The number of amides is 1. The molecule has 22 heavy (non-hydrogen) atoms. The van der Waals surface area contributed by atoms with E-state index in [2.05, 4.69) is 21.2 Å². The van der Waals surface area contributed by atoms with Crippen LogP contribution < -0.4 is 10.1 Å². The van der Waals surface area contributed by atoms with Crippen molar-refractivity contribution in [2.45, 2.75) is 6.54 Å². The van der Waals surface area contributed by atoms with Crippen molar-refractivity contribution in [2.24, 2.45) is 0 Å². The molecule has 0 saturated carbocycles. The van der Waals surface area contributed by atoms with Gasteiger partial charge in [0.25, 0.3) is 0 Å². The standard InChI is InChI=1S/C17H19BrN2O2/c1-20(11-13-7-3-4-8-14(13)18)12-17(21)19-15-9-5-6-10-16(15)22-2/h3-10H,11-12H2,1-2H3,(H,19,21). The number of rotatable bonds is 6. The van der Waals surface area contributed by atoms with Gasteiger partial charge in [0, 0.05) is 11.0 Å². The third-order valence-electron chi connectivity index (χ3n) is 3.19. The lowest BCUT2D eigenvalue weighted by Crippen LogP contribution is -2.30. The molecular weight excluding hydrogens is 344 g/mol. The molecule has 2 rings (SSSR count). The first-order valence-corrected chi connectivity index (χ1v) is 7.74. The van der Waals surface area contributed by atoms with Crippen LogP contribution in [0.4, 0.5) is 5.69 Å². The molecule has 5 heteroatoms. The Morgan fingerprint density at radius 2 is 1.86 bits per heavy atom. The minimum Gasteiger partial charge on any atom is -0.495 e. The SMILES string of the molecule is COc1ccccc1NC(=O)CN(C)Cc1ccccc1Br. The highest BCUT2D eigenvalue weighted by atomic mass is 79.9. The molecule has 0 spiro atoms. The van der Waals surface area contributed by atoms with E-state index >= 15 is 0 Å². The molecule has 0 atom stereocenters. The van der Waals surface area contributed by atoms with Gasteiger partial charge in [0.1, 0.15) is 5.75 Å². The predicted molar refractivity (Wildman–Crippen MR) is 92.1 cm³/mol. The number of hydrogen-bond acceptors (Lipinski definition) is 3. The van der Waals surface area contributed by atoms with E-state index in [1.54, 1.807) is 7.11 Å². The van der Waals surface area contributed by atoms with Crippen LogP contribution in [-0.2, 0) is 11.3 Å². The highest BCUT2D eigenvalue weighted by Crippen LogP contribution is 2.23. The van der Waals surface area contributed by atoms with Gasteiger partial charge in [0.15, 0.2) is 0 Å². The van der Waals surface area contributed by atoms with E-state index in [1.165, 1.54) is 0 Å². The van der Waals surface area contributed by atoms with E-state index in [1.807, 2.05) is 60.5 Å². The number of likely N-dealkylation sites (N-methyl/N-ethyl adjacent to an activating group) is 1. The Morgan fingerprint density at radius 3 is 2.59 bits per heavy atom. The van der Waals surface area contributed by atoms with Crippen molar-refractivity contribution in [1.82, 2.24) is 4.90 Å². The van der Waals surface area contributed by atoms with Crippen LogP contribution in [0.15, 0.2) is 53.0 Å². The van der Waals surface area contributed by atoms with Gasteiger partial charge < -0.3 is 10.1 Å². The molecule has 0 unspecified atom stereocenters. The van der Waals surface area contributed by atoms with Crippen molar-refractivity contribution in [2.75, 3.05) is 26.0 Å². The predicted octanol–water partition coefficient (Wildman–Crippen LogP) is 3.53. The van der Waals surface area contributed by atoms with Crippen LogP contribution in [0.3, 0.4) is 0 Å². The lowest BCUT2D eigenvalue weighted by Gasteiger charge is -2.17. The van der Waals surface area contributed by atoms with Crippen LogP contribution in [0.2, 0.25) is 0 Å². The Labute approximate surface area is 139 Å². The molecule has 0 fully saturated rings. The van der Waals surface area contributed by atoms with Crippen molar-refractivity contribution >= 4 is 27.5 Å². The third kappa shape index (κ3) is 4.58. The summed E-state index contributed by atoms with van der Waals surface area (Å²) < 4.78 is 6.28. The van der Waals surface area contributed by atoms with Crippen LogP contribution in [-0.4, -0.2) is 31.5 Å². The summed E-state index contributed by atoms with van der Waals surface area (Å²) in [5.41, 5.74) is 1.83. The molecule has 0 bridgehead atoms. The summed E-state index contributed by atoms with van der Waals surface area (Å²) in [7, 11) is 3.51. The number of benzene rings is 2. The molecule has 0 radical (unpaired) electrons. The molecule has 116 valence electrons. The fourth-order valence-electron chi connectivity index (χ4n) is 2.16. The fraction of sp³-hybridized carbons (Fsp3) is 0.235. The van der Waals surface area contributed by atoms with E-state index in [-0.39, 0.29) is 5.91 Å². The summed E-state index contributed by atoms with van der Waals surface area (Å²) >= 11 is 3.52. The number of methoxy groups -OCH3 is 1. The lowest BCUT2D eigenvalue weighted by atomic mass is 10.2. The summed E-state index contributed by atoms with van der Waals surface area (Å²) in [4.78, 5) is 14.1. The highest BCUT2D eigenvalue weighted by molar-refractivity contribution is 9.10. The van der Waals surface area contributed by atoms with Gasteiger partial charge in [0.2, 0.25) is 5.91 Å². The van der Waals surface area contributed by atoms with Gasteiger partial charge in [-0.25, -0.2) is 0 Å². The molecule has 0 aliphatic rings. The van der Waals surface area contributed by atoms with E-state index in [9.17, 15) is 4.79 Å². The van der Waals surface area contributed by atoms with Crippen molar-refractivity contribution in [1.29, 1.82) is 0 Å². The Kier molecular flexibility index (Phi) is 5.98. The number of anilines is 1. The first kappa shape index (κ1) is 16.5. The largest absolute Gasteiger partial charge is 0.495 e. The Bertz CT molecular complexity index is 646. The van der Waals surface area contributed by atoms with Crippen LogP contribution >= 0.6 is 15.9 Å². The molecule has 2 aromatic carbocycles. The molecule has 4 nitrogen and oxygen atoms in total. The van der Waals surface area contributed by atoms with Gasteiger partial charge in [-0.2, -0.15) is 0 Å². The average molecular weight is 363 g/mol. The number of carbonyl (C=O) groups excluding carboxylic acids is 1. The van der Waals surface area contributed by atoms with E-state index in [0.717, 1.165) is 10.0 Å².